The van der Waals surface area contributed by atoms with E-state index in [4.69, 9.17) is 4.74 Å². The van der Waals surface area contributed by atoms with Crippen LogP contribution in [-0.4, -0.2) is 28.6 Å². The van der Waals surface area contributed by atoms with E-state index in [0.29, 0.717) is 12.5 Å². The maximum Gasteiger partial charge on any atom is 0.308 e. The average molecular weight is 356 g/mol. The number of nitrogens with one attached hydrogen (secondary N) is 1. The quantitative estimate of drug-likeness (QED) is 0.804. The summed E-state index contributed by atoms with van der Waals surface area (Å²) in [7, 11) is 0. The third-order valence-electron chi connectivity index (χ3n) is 5.35. The smallest absolute Gasteiger partial charge is 0.308 e. The average Bonchev–Trinajstić information content (AvgIpc) is 3.05. The molecule has 1 fully saturated rings. The van der Waals surface area contributed by atoms with Crippen LogP contribution in [-0.2, 0) is 20.9 Å². The summed E-state index contributed by atoms with van der Waals surface area (Å²) in [4.78, 5) is 24.4. The van der Waals surface area contributed by atoms with Crippen molar-refractivity contribution in [1.29, 1.82) is 0 Å². The summed E-state index contributed by atoms with van der Waals surface area (Å²) in [6.07, 6.45) is 5.99. The topological polar surface area (TPSA) is 60.3 Å². The molecule has 3 atom stereocenters. The number of fused-ring (bicyclic) bond motifs is 1. The Hall–Kier alpha value is -2.30. The van der Waals surface area contributed by atoms with Crippen molar-refractivity contribution in [2.45, 2.75) is 64.6 Å². The summed E-state index contributed by atoms with van der Waals surface area (Å²) in [5.74, 6) is -0.0525. The molecule has 1 aliphatic rings. The molecule has 1 aromatic heterocycles. The summed E-state index contributed by atoms with van der Waals surface area (Å²) >= 11 is 0. The lowest BCUT2D eigenvalue weighted by Crippen LogP contribution is -2.46. The largest absolute Gasteiger partial charge is 0.452 e. The van der Waals surface area contributed by atoms with Crippen LogP contribution in [0.5, 0.6) is 0 Å². The lowest BCUT2D eigenvalue weighted by Gasteiger charge is -2.30. The minimum Gasteiger partial charge on any atom is -0.452 e. The predicted octanol–water partition coefficient (Wildman–Crippen LogP) is 3.66. The van der Waals surface area contributed by atoms with Gasteiger partial charge < -0.3 is 14.6 Å². The maximum absolute atomic E-state index is 12.3. The minimum atomic E-state index is -0.752. The zero-order chi connectivity index (χ0) is 18.5. The molecule has 2 aromatic rings. The second-order valence-electron chi connectivity index (χ2n) is 7.33. The molecule has 0 aliphatic heterocycles. The fourth-order valence-electron chi connectivity index (χ4n) is 3.69. The van der Waals surface area contributed by atoms with E-state index in [0.717, 1.165) is 30.2 Å². The second kappa shape index (κ2) is 8.39. The number of rotatable bonds is 6. The Labute approximate surface area is 154 Å². The number of hydrogen-bond donors (Lipinski definition) is 1. The van der Waals surface area contributed by atoms with Gasteiger partial charge in [-0.15, -0.1) is 0 Å². The molecule has 3 unspecified atom stereocenters. The third kappa shape index (κ3) is 4.45. The Morgan fingerprint density at radius 2 is 2.00 bits per heavy atom. The molecule has 1 heterocycles. The summed E-state index contributed by atoms with van der Waals surface area (Å²) in [5.41, 5.74) is 1.09. The van der Waals surface area contributed by atoms with E-state index in [-0.39, 0.29) is 24.3 Å². The molecule has 0 bridgehead atoms. The molecule has 140 valence electrons. The first-order valence-corrected chi connectivity index (χ1v) is 9.58. The van der Waals surface area contributed by atoms with Gasteiger partial charge in [0.1, 0.15) is 0 Å². The number of carbonyl (C=O) groups excluding carboxylic acids is 2. The van der Waals surface area contributed by atoms with Gasteiger partial charge in [-0.3, -0.25) is 9.59 Å². The first-order valence-electron chi connectivity index (χ1n) is 9.58. The second-order valence-corrected chi connectivity index (χ2v) is 7.33. The maximum atomic E-state index is 12.3. The normalized spacial score (nSPS) is 21.3. The lowest BCUT2D eigenvalue weighted by atomic mass is 9.86. The van der Waals surface area contributed by atoms with Gasteiger partial charge in [0.15, 0.2) is 6.10 Å². The molecule has 3 rings (SSSR count). The Kier molecular flexibility index (Phi) is 5.96. The Balaban J connectivity index is 1.47. The van der Waals surface area contributed by atoms with Crippen LogP contribution in [0.1, 0.15) is 46.0 Å². The van der Waals surface area contributed by atoms with E-state index >= 15 is 0 Å². The Bertz CT molecular complexity index is 767. The van der Waals surface area contributed by atoms with Crippen molar-refractivity contribution in [2.24, 2.45) is 5.92 Å². The minimum absolute atomic E-state index is 0.191. The van der Waals surface area contributed by atoms with Gasteiger partial charge in [0.2, 0.25) is 0 Å². The number of amides is 1. The van der Waals surface area contributed by atoms with Crippen LogP contribution in [0.25, 0.3) is 10.9 Å². The number of nitrogens with zero attached hydrogens (tertiary/aromatic N) is 1. The van der Waals surface area contributed by atoms with Gasteiger partial charge in [-0.05, 0) is 43.2 Å². The highest BCUT2D eigenvalue weighted by molar-refractivity contribution is 5.84. The molecule has 5 nitrogen and oxygen atoms in total. The van der Waals surface area contributed by atoms with Gasteiger partial charge in [-0.25, -0.2) is 0 Å². The van der Waals surface area contributed by atoms with Crippen molar-refractivity contribution >= 4 is 22.8 Å². The van der Waals surface area contributed by atoms with Crippen molar-refractivity contribution in [2.75, 3.05) is 0 Å². The SMILES string of the molecule is CC(OC(=O)CCn1ccc2ccccc21)C(=O)NC1CCCCC1C. The van der Waals surface area contributed by atoms with E-state index in [2.05, 4.69) is 12.2 Å². The fraction of sp³-hybridized carbons (Fsp3) is 0.524. The highest BCUT2D eigenvalue weighted by Crippen LogP contribution is 2.23. The zero-order valence-corrected chi connectivity index (χ0v) is 15.6. The molecule has 0 radical (unpaired) electrons. The van der Waals surface area contributed by atoms with E-state index in [9.17, 15) is 9.59 Å². The molecule has 0 saturated heterocycles. The van der Waals surface area contributed by atoms with Crippen molar-refractivity contribution in [3.63, 3.8) is 0 Å². The van der Waals surface area contributed by atoms with Crippen LogP contribution in [0.15, 0.2) is 36.5 Å². The van der Waals surface area contributed by atoms with Gasteiger partial charge in [0, 0.05) is 24.3 Å². The number of benzene rings is 1. The molecule has 1 aromatic carbocycles. The van der Waals surface area contributed by atoms with Crippen molar-refractivity contribution in [3.05, 3.63) is 36.5 Å². The number of esters is 1. The Morgan fingerprint density at radius 1 is 1.23 bits per heavy atom. The fourth-order valence-corrected chi connectivity index (χ4v) is 3.69. The van der Waals surface area contributed by atoms with Crippen molar-refractivity contribution < 1.29 is 14.3 Å². The number of para-hydroxylation sites is 1. The summed E-state index contributed by atoms with van der Waals surface area (Å²) in [6, 6.07) is 10.3. The molecular weight excluding hydrogens is 328 g/mol. The zero-order valence-electron chi connectivity index (χ0n) is 15.6. The monoisotopic (exact) mass is 356 g/mol. The first kappa shape index (κ1) is 18.5. The molecule has 1 saturated carbocycles. The highest BCUT2D eigenvalue weighted by atomic mass is 16.5. The molecule has 5 heteroatoms. The van der Waals surface area contributed by atoms with E-state index in [1.807, 2.05) is 41.1 Å². The molecule has 1 amide bonds. The van der Waals surface area contributed by atoms with E-state index in [1.54, 1.807) is 6.92 Å². The molecular formula is C21H28N2O3. The third-order valence-corrected chi connectivity index (χ3v) is 5.35. The van der Waals surface area contributed by atoms with Gasteiger partial charge in [0.25, 0.3) is 5.91 Å². The number of aryl methyl sites for hydroxylation is 1. The number of carbonyl (C=O) groups is 2. The van der Waals surface area contributed by atoms with Crippen molar-refractivity contribution in [1.82, 2.24) is 9.88 Å². The first-order chi connectivity index (χ1) is 12.5. The number of ether oxygens (including phenoxy) is 1. The van der Waals surface area contributed by atoms with Crippen LogP contribution >= 0.6 is 0 Å². The number of aromatic nitrogens is 1. The lowest BCUT2D eigenvalue weighted by molar-refractivity contribution is -0.155. The molecule has 26 heavy (non-hydrogen) atoms. The predicted molar refractivity (Wildman–Crippen MR) is 102 cm³/mol. The summed E-state index contributed by atoms with van der Waals surface area (Å²) < 4.78 is 7.37. The van der Waals surface area contributed by atoms with Gasteiger partial charge in [-0.2, -0.15) is 0 Å². The molecule has 0 spiro atoms. The van der Waals surface area contributed by atoms with Crippen molar-refractivity contribution in [3.8, 4) is 0 Å². The van der Waals surface area contributed by atoms with Crippen LogP contribution in [0, 0.1) is 5.92 Å². The summed E-state index contributed by atoms with van der Waals surface area (Å²) in [5, 5.41) is 4.19. The van der Waals surface area contributed by atoms with Gasteiger partial charge in [-0.1, -0.05) is 38.0 Å². The standard InChI is InChI=1S/C21H28N2O3/c1-15-7-3-5-9-18(15)22-21(25)16(2)26-20(24)12-14-23-13-11-17-8-4-6-10-19(17)23/h4,6,8,10-11,13,15-16,18H,3,5,7,9,12,14H2,1-2H3,(H,22,25). The number of hydrogen-bond acceptors (Lipinski definition) is 3. The van der Waals surface area contributed by atoms with Crippen LogP contribution in [0.3, 0.4) is 0 Å². The highest BCUT2D eigenvalue weighted by Gasteiger charge is 2.26. The molecule has 1 aliphatic carbocycles. The van der Waals surface area contributed by atoms with Crippen LogP contribution in [0.4, 0.5) is 0 Å². The van der Waals surface area contributed by atoms with Crippen LogP contribution in [0.2, 0.25) is 0 Å². The van der Waals surface area contributed by atoms with Gasteiger partial charge >= 0.3 is 5.97 Å². The van der Waals surface area contributed by atoms with E-state index in [1.165, 1.54) is 6.42 Å². The van der Waals surface area contributed by atoms with Gasteiger partial charge in [0.05, 0.1) is 6.42 Å². The summed E-state index contributed by atoms with van der Waals surface area (Å²) in [6.45, 7) is 4.36. The molecule has 1 N–H and O–H groups in total. The Morgan fingerprint density at radius 3 is 2.81 bits per heavy atom. The van der Waals surface area contributed by atoms with E-state index < -0.39 is 6.10 Å². The van der Waals surface area contributed by atoms with Crippen LogP contribution < -0.4 is 5.32 Å².